The lowest BCUT2D eigenvalue weighted by molar-refractivity contribution is 0.689. The van der Waals surface area contributed by atoms with Crippen LogP contribution in [0.1, 0.15) is 36.7 Å². The third-order valence-electron chi connectivity index (χ3n) is 4.33. The van der Waals surface area contributed by atoms with Crippen molar-refractivity contribution >= 4 is 34.2 Å². The Morgan fingerprint density at radius 2 is 1.79 bits per heavy atom. The number of hydrogen-bond donors (Lipinski definition) is 0. The summed E-state index contributed by atoms with van der Waals surface area (Å²) in [4.78, 5) is 4.90. The summed E-state index contributed by atoms with van der Waals surface area (Å²) >= 11 is 12.4. The number of hydrogen-bond acceptors (Lipinski definition) is 1. The van der Waals surface area contributed by atoms with Crippen LogP contribution in [0.5, 0.6) is 0 Å². The lowest BCUT2D eigenvalue weighted by Gasteiger charge is -2.12. The maximum atomic E-state index is 6.40. The predicted octanol–water partition coefficient (Wildman–Crippen LogP) is 5.86. The molecule has 0 unspecified atom stereocenters. The van der Waals surface area contributed by atoms with Crippen LogP contribution in [0.2, 0.25) is 5.02 Å². The molecule has 0 aliphatic rings. The fourth-order valence-corrected chi connectivity index (χ4v) is 3.50. The van der Waals surface area contributed by atoms with Crippen molar-refractivity contribution in [1.82, 2.24) is 9.55 Å². The topological polar surface area (TPSA) is 17.8 Å². The molecule has 2 nitrogen and oxygen atoms in total. The molecule has 0 spiro atoms. The van der Waals surface area contributed by atoms with Crippen LogP contribution < -0.4 is 0 Å². The van der Waals surface area contributed by atoms with E-state index in [-0.39, 0.29) is 0 Å². The maximum Gasteiger partial charge on any atom is 0.110 e. The zero-order valence-electron chi connectivity index (χ0n) is 13.9. The maximum absolute atomic E-state index is 6.40. The van der Waals surface area contributed by atoms with Crippen LogP contribution in [-0.4, -0.2) is 15.4 Å². The Balaban J connectivity index is 2.12. The number of imidazole rings is 1. The number of nitrogens with zero attached hydrogens (tertiary/aromatic N) is 2. The Morgan fingerprint density at radius 1 is 1.00 bits per heavy atom. The highest BCUT2D eigenvalue weighted by Gasteiger charge is 2.15. The summed E-state index contributed by atoms with van der Waals surface area (Å²) < 4.78 is 2.33. The molecule has 2 aromatic carbocycles. The van der Waals surface area contributed by atoms with Crippen LogP contribution in [0, 0.1) is 0 Å². The molecule has 0 saturated carbocycles. The molecule has 3 rings (SSSR count). The number of para-hydroxylation sites is 1. The number of benzene rings is 2. The Kier molecular flexibility index (Phi) is 5.80. The average molecular weight is 361 g/mol. The van der Waals surface area contributed by atoms with E-state index >= 15 is 0 Å². The monoisotopic (exact) mass is 360 g/mol. The Labute approximate surface area is 153 Å². The second kappa shape index (κ2) is 8.04. The predicted molar refractivity (Wildman–Crippen MR) is 103 cm³/mol. The summed E-state index contributed by atoms with van der Waals surface area (Å²) in [5, 5.41) is 0.801. The lowest BCUT2D eigenvalue weighted by atomic mass is 10.1. The zero-order valence-corrected chi connectivity index (χ0v) is 15.4. The van der Waals surface area contributed by atoms with Gasteiger partial charge in [-0.05, 0) is 36.1 Å². The average Bonchev–Trinajstić information content (AvgIpc) is 2.94. The van der Waals surface area contributed by atoms with Gasteiger partial charge in [-0.3, -0.25) is 0 Å². The molecule has 24 heavy (non-hydrogen) atoms. The van der Waals surface area contributed by atoms with Crippen molar-refractivity contribution in [1.29, 1.82) is 0 Å². The van der Waals surface area contributed by atoms with E-state index in [4.69, 9.17) is 28.2 Å². The van der Waals surface area contributed by atoms with E-state index in [9.17, 15) is 0 Å². The quantitative estimate of drug-likeness (QED) is 0.482. The van der Waals surface area contributed by atoms with Crippen LogP contribution >= 0.6 is 23.2 Å². The molecule has 126 valence electrons. The van der Waals surface area contributed by atoms with Crippen molar-refractivity contribution in [2.75, 3.05) is 5.88 Å². The van der Waals surface area contributed by atoms with Crippen LogP contribution in [0.3, 0.4) is 0 Å². The van der Waals surface area contributed by atoms with Crippen molar-refractivity contribution in [3.05, 3.63) is 64.4 Å². The normalized spacial score (nSPS) is 11.3. The van der Waals surface area contributed by atoms with Gasteiger partial charge >= 0.3 is 0 Å². The fourth-order valence-electron chi connectivity index (χ4n) is 3.10. The molecular formula is C20H22Cl2N2. The van der Waals surface area contributed by atoms with Gasteiger partial charge in [-0.25, -0.2) is 4.98 Å². The summed E-state index contributed by atoms with van der Waals surface area (Å²) in [6.07, 6.45) is 4.12. The van der Waals surface area contributed by atoms with Crippen molar-refractivity contribution in [2.24, 2.45) is 0 Å². The smallest absolute Gasteiger partial charge is 0.110 e. The minimum atomic E-state index is 0.612. The highest BCUT2D eigenvalue weighted by Crippen LogP contribution is 2.25. The first-order chi connectivity index (χ1) is 11.7. The van der Waals surface area contributed by atoms with E-state index in [1.54, 1.807) is 0 Å². The molecule has 0 fully saturated rings. The molecule has 0 radical (unpaired) electrons. The summed E-state index contributed by atoms with van der Waals surface area (Å²) in [6.45, 7) is 2.95. The van der Waals surface area contributed by atoms with Crippen LogP contribution in [-0.2, 0) is 19.4 Å². The van der Waals surface area contributed by atoms with Crippen LogP contribution in [0.25, 0.3) is 11.0 Å². The first-order valence-electron chi connectivity index (χ1n) is 8.51. The number of aromatic nitrogens is 2. The third kappa shape index (κ3) is 3.60. The molecule has 0 saturated heterocycles. The molecule has 0 aliphatic carbocycles. The van der Waals surface area contributed by atoms with Crippen LogP contribution in [0.15, 0.2) is 42.5 Å². The van der Waals surface area contributed by atoms with Crippen molar-refractivity contribution < 1.29 is 0 Å². The standard InChI is InChI=1S/C20H22Cl2N2/c1-2-3-11-19-23-18-10-6-8-15(12-13-21)20(18)24(19)14-16-7-4-5-9-17(16)22/h4-10H,2-3,11-14H2,1H3. The number of aryl methyl sites for hydroxylation is 2. The Hall–Kier alpha value is -1.51. The van der Waals surface area contributed by atoms with Crippen molar-refractivity contribution in [3.8, 4) is 0 Å². The summed E-state index contributed by atoms with van der Waals surface area (Å²) in [6, 6.07) is 14.3. The van der Waals surface area contributed by atoms with E-state index in [0.717, 1.165) is 54.2 Å². The van der Waals surface area contributed by atoms with Gasteiger partial charge in [-0.2, -0.15) is 0 Å². The minimum absolute atomic E-state index is 0.612. The van der Waals surface area contributed by atoms with Gasteiger partial charge in [-0.15, -0.1) is 11.6 Å². The Morgan fingerprint density at radius 3 is 2.54 bits per heavy atom. The van der Waals surface area contributed by atoms with Gasteiger partial charge in [0.1, 0.15) is 5.82 Å². The molecule has 1 heterocycles. The molecule has 1 aromatic heterocycles. The molecule has 0 atom stereocenters. The SMILES string of the molecule is CCCCc1nc2cccc(CCCl)c2n1Cc1ccccc1Cl. The van der Waals surface area contributed by atoms with Gasteiger partial charge in [0, 0.05) is 17.3 Å². The fraction of sp³-hybridized carbons (Fsp3) is 0.350. The Bertz CT molecular complexity index is 824. The van der Waals surface area contributed by atoms with Gasteiger partial charge in [0.15, 0.2) is 0 Å². The minimum Gasteiger partial charge on any atom is -0.323 e. The highest BCUT2D eigenvalue weighted by atomic mass is 35.5. The third-order valence-corrected chi connectivity index (χ3v) is 4.89. The summed E-state index contributed by atoms with van der Waals surface area (Å²) in [5.74, 6) is 1.74. The molecule has 0 bridgehead atoms. The molecule has 0 amide bonds. The van der Waals surface area contributed by atoms with E-state index in [0.29, 0.717) is 5.88 Å². The largest absolute Gasteiger partial charge is 0.323 e. The lowest BCUT2D eigenvalue weighted by Crippen LogP contribution is -2.07. The molecule has 4 heteroatoms. The van der Waals surface area contributed by atoms with Gasteiger partial charge in [-0.1, -0.05) is 55.3 Å². The van der Waals surface area contributed by atoms with E-state index in [2.05, 4.69) is 35.8 Å². The number of unbranched alkanes of at least 4 members (excludes halogenated alkanes) is 1. The van der Waals surface area contributed by atoms with E-state index in [1.165, 1.54) is 11.1 Å². The van der Waals surface area contributed by atoms with E-state index < -0.39 is 0 Å². The number of halogens is 2. The van der Waals surface area contributed by atoms with Crippen LogP contribution in [0.4, 0.5) is 0 Å². The van der Waals surface area contributed by atoms with Gasteiger partial charge in [0.2, 0.25) is 0 Å². The van der Waals surface area contributed by atoms with Crippen molar-refractivity contribution in [3.63, 3.8) is 0 Å². The number of alkyl halides is 1. The number of fused-ring (bicyclic) bond motifs is 1. The molecule has 0 N–H and O–H groups in total. The summed E-state index contributed by atoms with van der Waals surface area (Å²) in [7, 11) is 0. The van der Waals surface area contributed by atoms with Gasteiger partial charge in [0.25, 0.3) is 0 Å². The molecule has 3 aromatic rings. The van der Waals surface area contributed by atoms with Gasteiger partial charge < -0.3 is 4.57 Å². The summed E-state index contributed by atoms with van der Waals surface area (Å²) in [5.41, 5.74) is 4.63. The van der Waals surface area contributed by atoms with E-state index in [1.807, 2.05) is 18.2 Å². The highest BCUT2D eigenvalue weighted by molar-refractivity contribution is 6.31. The number of rotatable bonds is 7. The second-order valence-corrected chi connectivity index (χ2v) is 6.82. The zero-order chi connectivity index (χ0) is 16.9. The van der Waals surface area contributed by atoms with Gasteiger partial charge in [0.05, 0.1) is 17.6 Å². The second-order valence-electron chi connectivity index (χ2n) is 6.03. The van der Waals surface area contributed by atoms with Crippen molar-refractivity contribution in [2.45, 2.75) is 39.2 Å². The first kappa shape index (κ1) is 17.3. The first-order valence-corrected chi connectivity index (χ1v) is 9.42. The molecular weight excluding hydrogens is 339 g/mol. The molecule has 0 aliphatic heterocycles.